The van der Waals surface area contributed by atoms with Gasteiger partial charge in [0.05, 0.1) is 32.0 Å². The first-order chi connectivity index (χ1) is 11.5. The van der Waals surface area contributed by atoms with Crippen LogP contribution in [0.2, 0.25) is 0 Å². The first kappa shape index (κ1) is 17.8. The molecule has 1 aromatic carbocycles. The van der Waals surface area contributed by atoms with Crippen LogP contribution in [-0.4, -0.2) is 79.1 Å². The Morgan fingerprint density at radius 3 is 2.58 bits per heavy atom. The molecular formula is C19H30N2O3. The Hall–Kier alpha value is -0.980. The van der Waals surface area contributed by atoms with Crippen LogP contribution in [0.25, 0.3) is 0 Å². The second kappa shape index (κ2) is 7.93. The number of nitrogens with zero attached hydrogens (tertiary/aromatic N) is 2. The molecule has 0 aliphatic carbocycles. The average molecular weight is 334 g/mol. The van der Waals surface area contributed by atoms with Crippen LogP contribution in [0.1, 0.15) is 25.5 Å². The molecule has 0 radical (unpaired) electrons. The van der Waals surface area contributed by atoms with Gasteiger partial charge in [0.2, 0.25) is 0 Å². The van der Waals surface area contributed by atoms with Crippen LogP contribution in [0.5, 0.6) is 0 Å². The molecule has 5 heteroatoms. The van der Waals surface area contributed by atoms with Crippen molar-refractivity contribution in [2.24, 2.45) is 0 Å². The lowest BCUT2D eigenvalue weighted by molar-refractivity contribution is -0.113. The summed E-state index contributed by atoms with van der Waals surface area (Å²) < 4.78 is 11.5. The Balaban J connectivity index is 1.58. The number of benzene rings is 1. The Morgan fingerprint density at radius 1 is 1.17 bits per heavy atom. The molecule has 24 heavy (non-hydrogen) atoms. The molecular weight excluding hydrogens is 304 g/mol. The molecule has 2 aliphatic rings. The Labute approximate surface area is 145 Å². The van der Waals surface area contributed by atoms with Gasteiger partial charge in [0, 0.05) is 38.3 Å². The summed E-state index contributed by atoms with van der Waals surface area (Å²) in [5.74, 6) is 0. The summed E-state index contributed by atoms with van der Waals surface area (Å²) in [6, 6.07) is 10.4. The van der Waals surface area contributed by atoms with E-state index in [0.29, 0.717) is 19.7 Å². The Morgan fingerprint density at radius 2 is 1.88 bits per heavy atom. The van der Waals surface area contributed by atoms with Gasteiger partial charge in [0.25, 0.3) is 0 Å². The van der Waals surface area contributed by atoms with Gasteiger partial charge in [-0.3, -0.25) is 9.80 Å². The standard InChI is InChI=1S/C19H30N2O3/c1-19(2)15-24-18(16-6-4-3-5-7-16)14-21(19)13-17(22)12-20-8-10-23-11-9-20/h3-7,17-18,22H,8-15H2,1-2H3. The molecule has 0 bridgehead atoms. The molecule has 1 N–H and O–H groups in total. The topological polar surface area (TPSA) is 45.2 Å². The first-order valence-corrected chi connectivity index (χ1v) is 8.94. The second-order valence-electron chi connectivity index (χ2n) is 7.49. The molecule has 3 rings (SSSR count). The molecule has 5 nitrogen and oxygen atoms in total. The summed E-state index contributed by atoms with van der Waals surface area (Å²) in [6.07, 6.45) is -0.272. The van der Waals surface area contributed by atoms with E-state index < -0.39 is 0 Å². The fraction of sp³-hybridized carbons (Fsp3) is 0.684. The van der Waals surface area contributed by atoms with E-state index in [9.17, 15) is 5.11 Å². The molecule has 0 aromatic heterocycles. The molecule has 2 fully saturated rings. The zero-order valence-corrected chi connectivity index (χ0v) is 14.9. The van der Waals surface area contributed by atoms with Crippen molar-refractivity contribution in [3.05, 3.63) is 35.9 Å². The molecule has 2 heterocycles. The zero-order chi connectivity index (χ0) is 17.0. The maximum absolute atomic E-state index is 10.6. The van der Waals surface area contributed by atoms with Crippen LogP contribution in [-0.2, 0) is 9.47 Å². The third-order valence-corrected chi connectivity index (χ3v) is 5.06. The fourth-order valence-electron chi connectivity index (χ4n) is 3.48. The molecule has 2 atom stereocenters. The first-order valence-electron chi connectivity index (χ1n) is 8.94. The van der Waals surface area contributed by atoms with E-state index in [0.717, 1.165) is 32.8 Å². The molecule has 2 unspecified atom stereocenters. The SMILES string of the molecule is CC1(C)COC(c2ccccc2)CN1CC(O)CN1CCOCC1. The maximum Gasteiger partial charge on any atom is 0.0952 e. The van der Waals surface area contributed by atoms with Crippen molar-refractivity contribution in [2.45, 2.75) is 31.6 Å². The highest BCUT2D eigenvalue weighted by Crippen LogP contribution is 2.30. The average Bonchev–Trinajstić information content (AvgIpc) is 2.58. The van der Waals surface area contributed by atoms with E-state index in [2.05, 4.69) is 47.9 Å². The number of morpholine rings is 2. The second-order valence-corrected chi connectivity index (χ2v) is 7.49. The van der Waals surface area contributed by atoms with E-state index in [1.165, 1.54) is 5.56 Å². The van der Waals surface area contributed by atoms with Gasteiger partial charge >= 0.3 is 0 Å². The number of rotatable bonds is 5. The quantitative estimate of drug-likeness (QED) is 0.885. The van der Waals surface area contributed by atoms with Crippen molar-refractivity contribution in [3.63, 3.8) is 0 Å². The summed E-state index contributed by atoms with van der Waals surface area (Å²) >= 11 is 0. The van der Waals surface area contributed by atoms with Crippen molar-refractivity contribution in [3.8, 4) is 0 Å². The van der Waals surface area contributed by atoms with E-state index in [4.69, 9.17) is 9.47 Å². The summed E-state index contributed by atoms with van der Waals surface area (Å²) in [5, 5.41) is 10.6. The minimum Gasteiger partial charge on any atom is -0.390 e. The van der Waals surface area contributed by atoms with Gasteiger partial charge in [-0.2, -0.15) is 0 Å². The van der Waals surface area contributed by atoms with Gasteiger partial charge in [-0.1, -0.05) is 30.3 Å². The molecule has 0 spiro atoms. The summed E-state index contributed by atoms with van der Waals surface area (Å²) in [6.45, 7) is 10.6. The van der Waals surface area contributed by atoms with E-state index in [1.807, 2.05) is 6.07 Å². The third kappa shape index (κ3) is 4.55. The van der Waals surface area contributed by atoms with Crippen molar-refractivity contribution >= 4 is 0 Å². The van der Waals surface area contributed by atoms with Gasteiger partial charge in [-0.25, -0.2) is 0 Å². The lowest BCUT2D eigenvalue weighted by Gasteiger charge is -2.46. The number of hydrogen-bond donors (Lipinski definition) is 1. The molecule has 1 aromatic rings. The van der Waals surface area contributed by atoms with Crippen molar-refractivity contribution in [1.82, 2.24) is 9.80 Å². The van der Waals surface area contributed by atoms with Crippen LogP contribution in [0.3, 0.4) is 0 Å². The lowest BCUT2D eigenvalue weighted by atomic mass is 9.97. The van der Waals surface area contributed by atoms with Gasteiger partial charge in [-0.15, -0.1) is 0 Å². The number of hydrogen-bond acceptors (Lipinski definition) is 5. The summed E-state index contributed by atoms with van der Waals surface area (Å²) in [7, 11) is 0. The van der Waals surface area contributed by atoms with Gasteiger partial charge in [-0.05, 0) is 19.4 Å². The molecule has 134 valence electrons. The van der Waals surface area contributed by atoms with Crippen molar-refractivity contribution in [2.75, 3.05) is 52.5 Å². The summed E-state index contributed by atoms with van der Waals surface area (Å²) in [5.41, 5.74) is 1.15. The highest BCUT2D eigenvalue weighted by atomic mass is 16.5. The highest BCUT2D eigenvalue weighted by molar-refractivity contribution is 5.18. The predicted molar refractivity (Wildman–Crippen MR) is 94.1 cm³/mol. The maximum atomic E-state index is 10.6. The minimum absolute atomic E-state index is 0.0583. The number of aliphatic hydroxyl groups excluding tert-OH is 1. The van der Waals surface area contributed by atoms with Crippen LogP contribution in [0.15, 0.2) is 30.3 Å². The highest BCUT2D eigenvalue weighted by Gasteiger charge is 2.36. The normalized spacial score (nSPS) is 27.0. The van der Waals surface area contributed by atoms with Crippen molar-refractivity contribution in [1.29, 1.82) is 0 Å². The molecule has 0 saturated carbocycles. The molecule has 2 aliphatic heterocycles. The van der Waals surface area contributed by atoms with Crippen LogP contribution < -0.4 is 0 Å². The summed E-state index contributed by atoms with van der Waals surface area (Å²) in [4.78, 5) is 4.66. The molecule has 0 amide bonds. The fourth-order valence-corrected chi connectivity index (χ4v) is 3.48. The van der Waals surface area contributed by atoms with Gasteiger partial charge in [0.15, 0.2) is 0 Å². The zero-order valence-electron chi connectivity index (χ0n) is 14.9. The van der Waals surface area contributed by atoms with E-state index in [-0.39, 0.29) is 17.7 Å². The van der Waals surface area contributed by atoms with Crippen LogP contribution in [0.4, 0.5) is 0 Å². The number of aliphatic hydroxyl groups is 1. The van der Waals surface area contributed by atoms with Crippen molar-refractivity contribution < 1.29 is 14.6 Å². The predicted octanol–water partition coefficient (Wildman–Crippen LogP) is 1.53. The largest absolute Gasteiger partial charge is 0.390 e. The van der Waals surface area contributed by atoms with Crippen LogP contribution >= 0.6 is 0 Å². The third-order valence-electron chi connectivity index (χ3n) is 5.06. The smallest absolute Gasteiger partial charge is 0.0952 e. The number of β-amino-alcohol motifs (C(OH)–C–C–N with tert-alkyl or cyclic N) is 1. The number of ether oxygens (including phenoxy) is 2. The lowest BCUT2D eigenvalue weighted by Crippen LogP contribution is -2.57. The monoisotopic (exact) mass is 334 g/mol. The molecule has 2 saturated heterocycles. The van der Waals surface area contributed by atoms with Gasteiger partial charge in [0.1, 0.15) is 0 Å². The Bertz CT molecular complexity index is 503. The minimum atomic E-state index is -0.350. The van der Waals surface area contributed by atoms with Crippen LogP contribution in [0, 0.1) is 0 Å². The van der Waals surface area contributed by atoms with E-state index in [1.54, 1.807) is 0 Å². The Kier molecular flexibility index (Phi) is 5.89. The van der Waals surface area contributed by atoms with E-state index >= 15 is 0 Å². The van der Waals surface area contributed by atoms with Gasteiger partial charge < -0.3 is 14.6 Å².